The van der Waals surface area contributed by atoms with Crippen LogP contribution in [0.3, 0.4) is 0 Å². The molecule has 0 aliphatic carbocycles. The number of aryl methyl sites for hydroxylation is 1. The molecule has 4 rings (SSSR count). The van der Waals surface area contributed by atoms with E-state index in [1.165, 1.54) is 0 Å². The number of aromatic nitrogens is 5. The number of nitrogens with one attached hydrogen (secondary N) is 2. The molecule has 0 aliphatic heterocycles. The molecular formula is C16H15BrN6. The summed E-state index contributed by atoms with van der Waals surface area (Å²) >= 11 is 3.50. The van der Waals surface area contributed by atoms with Gasteiger partial charge in [-0.25, -0.2) is 9.97 Å². The molecule has 4 aromatic rings. The zero-order valence-corrected chi connectivity index (χ0v) is 14.1. The predicted octanol–water partition coefficient (Wildman–Crippen LogP) is 3.70. The maximum absolute atomic E-state index is 4.48. The average Bonchev–Trinajstić information content (AvgIpc) is 3.16. The second-order valence-electron chi connectivity index (χ2n) is 5.28. The van der Waals surface area contributed by atoms with Crippen molar-refractivity contribution in [2.24, 2.45) is 0 Å². The van der Waals surface area contributed by atoms with Crippen molar-refractivity contribution in [1.82, 2.24) is 24.7 Å². The molecule has 1 aromatic carbocycles. The van der Waals surface area contributed by atoms with Gasteiger partial charge in [0.1, 0.15) is 17.8 Å². The van der Waals surface area contributed by atoms with Crippen molar-refractivity contribution in [1.29, 1.82) is 0 Å². The summed E-state index contributed by atoms with van der Waals surface area (Å²) in [6.07, 6.45) is 3.55. The molecule has 0 unspecified atom stereocenters. The van der Waals surface area contributed by atoms with Gasteiger partial charge in [0.15, 0.2) is 0 Å². The van der Waals surface area contributed by atoms with Gasteiger partial charge in [-0.2, -0.15) is 5.10 Å². The number of H-pyrrole nitrogens is 1. The van der Waals surface area contributed by atoms with E-state index in [1.807, 2.05) is 29.1 Å². The lowest BCUT2D eigenvalue weighted by Gasteiger charge is -2.05. The lowest BCUT2D eigenvalue weighted by atomic mass is 10.2. The van der Waals surface area contributed by atoms with E-state index in [0.29, 0.717) is 6.54 Å². The molecule has 0 amide bonds. The molecule has 0 bridgehead atoms. The minimum atomic E-state index is 0.627. The number of benzene rings is 1. The number of fused-ring (bicyclic) bond motifs is 3. The number of hydrogen-bond acceptors (Lipinski definition) is 4. The summed E-state index contributed by atoms with van der Waals surface area (Å²) in [7, 11) is 0. The van der Waals surface area contributed by atoms with E-state index in [4.69, 9.17) is 0 Å². The molecule has 3 aromatic heterocycles. The minimum Gasteiger partial charge on any atom is -0.364 e. The van der Waals surface area contributed by atoms with Gasteiger partial charge in [0.2, 0.25) is 0 Å². The van der Waals surface area contributed by atoms with Crippen LogP contribution >= 0.6 is 15.9 Å². The summed E-state index contributed by atoms with van der Waals surface area (Å²) in [5.41, 5.74) is 2.85. The normalized spacial score (nSPS) is 11.4. The van der Waals surface area contributed by atoms with Crippen LogP contribution in [0, 0.1) is 0 Å². The second-order valence-corrected chi connectivity index (χ2v) is 6.19. The molecule has 0 saturated carbocycles. The Bertz CT molecular complexity index is 987. The monoisotopic (exact) mass is 370 g/mol. The Morgan fingerprint density at radius 1 is 1.26 bits per heavy atom. The van der Waals surface area contributed by atoms with Crippen molar-refractivity contribution in [2.45, 2.75) is 20.0 Å². The molecule has 0 fully saturated rings. The molecule has 2 N–H and O–H groups in total. The van der Waals surface area contributed by atoms with Crippen molar-refractivity contribution >= 4 is 43.7 Å². The fourth-order valence-corrected chi connectivity index (χ4v) is 3.04. The van der Waals surface area contributed by atoms with Gasteiger partial charge >= 0.3 is 0 Å². The Morgan fingerprint density at radius 3 is 3.00 bits per heavy atom. The largest absolute Gasteiger partial charge is 0.364 e. The van der Waals surface area contributed by atoms with Gasteiger partial charge in [0.25, 0.3) is 0 Å². The highest BCUT2D eigenvalue weighted by Crippen LogP contribution is 2.30. The van der Waals surface area contributed by atoms with Gasteiger partial charge in [0.05, 0.1) is 17.6 Å². The van der Waals surface area contributed by atoms with Gasteiger partial charge in [-0.1, -0.05) is 22.0 Å². The summed E-state index contributed by atoms with van der Waals surface area (Å²) in [5.74, 6) is 0.814. The standard InChI is InChI=1S/C16H15BrN6/c1-2-23-6-5-11(22-23)8-18-15-14-12-4-3-10(17)7-13(12)21-16(14)20-9-19-15/h3-7,9H,2,8H2,1H3,(H2,18,19,20,21). The highest BCUT2D eigenvalue weighted by molar-refractivity contribution is 9.10. The van der Waals surface area contributed by atoms with Crippen LogP contribution in [0.2, 0.25) is 0 Å². The Labute approximate surface area is 141 Å². The molecule has 0 atom stereocenters. The lowest BCUT2D eigenvalue weighted by molar-refractivity contribution is 0.649. The van der Waals surface area contributed by atoms with Crippen LogP contribution in [0.25, 0.3) is 21.9 Å². The third-order valence-corrected chi connectivity index (χ3v) is 4.30. The van der Waals surface area contributed by atoms with Crippen LogP contribution in [0.15, 0.2) is 41.3 Å². The van der Waals surface area contributed by atoms with Crippen LogP contribution < -0.4 is 5.32 Å². The van der Waals surface area contributed by atoms with E-state index in [1.54, 1.807) is 6.33 Å². The SMILES string of the molecule is CCn1ccc(CNc2ncnc3[nH]c4cc(Br)ccc4c23)n1. The first-order valence-corrected chi connectivity index (χ1v) is 8.22. The Hall–Kier alpha value is -2.41. The minimum absolute atomic E-state index is 0.627. The average molecular weight is 371 g/mol. The van der Waals surface area contributed by atoms with Crippen LogP contribution in [0.1, 0.15) is 12.6 Å². The zero-order valence-electron chi connectivity index (χ0n) is 12.5. The first kappa shape index (κ1) is 14.2. The van der Waals surface area contributed by atoms with Crippen molar-refractivity contribution in [3.63, 3.8) is 0 Å². The highest BCUT2D eigenvalue weighted by atomic mass is 79.9. The van der Waals surface area contributed by atoms with Gasteiger partial charge in [0, 0.05) is 28.1 Å². The maximum Gasteiger partial charge on any atom is 0.143 e. The zero-order chi connectivity index (χ0) is 15.8. The second kappa shape index (κ2) is 5.66. The fourth-order valence-electron chi connectivity index (χ4n) is 2.68. The van der Waals surface area contributed by atoms with Gasteiger partial charge in [-0.05, 0) is 25.1 Å². The van der Waals surface area contributed by atoms with Crippen LogP contribution in [0.4, 0.5) is 5.82 Å². The number of hydrogen-bond donors (Lipinski definition) is 2. The first-order chi connectivity index (χ1) is 11.2. The van der Waals surface area contributed by atoms with Gasteiger partial charge < -0.3 is 10.3 Å². The van der Waals surface area contributed by atoms with Crippen molar-refractivity contribution in [2.75, 3.05) is 5.32 Å². The van der Waals surface area contributed by atoms with Gasteiger partial charge in [-0.15, -0.1) is 0 Å². The first-order valence-electron chi connectivity index (χ1n) is 7.42. The number of nitrogens with zero attached hydrogens (tertiary/aromatic N) is 4. The summed E-state index contributed by atoms with van der Waals surface area (Å²) in [5, 5.41) is 9.96. The maximum atomic E-state index is 4.48. The molecule has 3 heterocycles. The van der Waals surface area contributed by atoms with E-state index in [-0.39, 0.29) is 0 Å². The van der Waals surface area contributed by atoms with Crippen molar-refractivity contribution < 1.29 is 0 Å². The molecule has 7 heteroatoms. The third-order valence-electron chi connectivity index (χ3n) is 3.81. The summed E-state index contributed by atoms with van der Waals surface area (Å²) < 4.78 is 2.94. The molecule has 0 radical (unpaired) electrons. The molecule has 0 spiro atoms. The fraction of sp³-hybridized carbons (Fsp3) is 0.188. The summed E-state index contributed by atoms with van der Waals surface area (Å²) in [6.45, 7) is 3.57. The number of anilines is 1. The van der Waals surface area contributed by atoms with E-state index in [9.17, 15) is 0 Å². The topological polar surface area (TPSA) is 71.4 Å². The van der Waals surface area contributed by atoms with E-state index in [0.717, 1.165) is 44.5 Å². The molecule has 0 saturated heterocycles. The molecule has 23 heavy (non-hydrogen) atoms. The third kappa shape index (κ3) is 2.57. The molecule has 116 valence electrons. The highest BCUT2D eigenvalue weighted by Gasteiger charge is 2.11. The lowest BCUT2D eigenvalue weighted by Crippen LogP contribution is -2.04. The smallest absolute Gasteiger partial charge is 0.143 e. The van der Waals surface area contributed by atoms with E-state index < -0.39 is 0 Å². The molecular weight excluding hydrogens is 356 g/mol. The number of halogens is 1. The Kier molecular flexibility index (Phi) is 3.49. The number of aromatic amines is 1. The molecule has 0 aliphatic rings. The molecule has 6 nitrogen and oxygen atoms in total. The van der Waals surface area contributed by atoms with Crippen LogP contribution in [-0.2, 0) is 13.1 Å². The van der Waals surface area contributed by atoms with Crippen LogP contribution in [-0.4, -0.2) is 24.7 Å². The van der Waals surface area contributed by atoms with Crippen molar-refractivity contribution in [3.05, 3.63) is 47.0 Å². The summed E-state index contributed by atoms with van der Waals surface area (Å²) in [6, 6.07) is 8.15. The summed E-state index contributed by atoms with van der Waals surface area (Å²) in [4.78, 5) is 12.1. The Balaban J connectivity index is 1.72. The van der Waals surface area contributed by atoms with E-state index in [2.05, 4.69) is 54.3 Å². The van der Waals surface area contributed by atoms with Crippen LogP contribution in [0.5, 0.6) is 0 Å². The predicted molar refractivity (Wildman–Crippen MR) is 94.3 cm³/mol. The van der Waals surface area contributed by atoms with E-state index >= 15 is 0 Å². The Morgan fingerprint density at radius 2 is 2.17 bits per heavy atom. The van der Waals surface area contributed by atoms with Crippen molar-refractivity contribution in [3.8, 4) is 0 Å². The number of rotatable bonds is 4. The quantitative estimate of drug-likeness (QED) is 0.574. The van der Waals surface area contributed by atoms with Gasteiger partial charge in [-0.3, -0.25) is 4.68 Å².